The molecule has 0 saturated heterocycles. The van der Waals surface area contributed by atoms with E-state index in [9.17, 15) is 0 Å². The lowest BCUT2D eigenvalue weighted by Crippen LogP contribution is -2.38. The summed E-state index contributed by atoms with van der Waals surface area (Å²) in [6, 6.07) is 5.96. The number of halogens is 1. The van der Waals surface area contributed by atoms with Crippen LogP contribution in [0.1, 0.15) is 44.6 Å². The number of methoxy groups -OCH3 is 1. The Hall–Kier alpha value is -0.730. The van der Waals surface area contributed by atoms with Crippen molar-refractivity contribution in [3.8, 4) is 5.75 Å². The molecule has 1 N–H and O–H groups in total. The maximum Gasteiger partial charge on any atom is 0.122 e. The third-order valence-corrected chi connectivity index (χ3v) is 4.71. The van der Waals surface area contributed by atoms with Crippen LogP contribution in [0.5, 0.6) is 5.75 Å². The molecule has 1 saturated carbocycles. The van der Waals surface area contributed by atoms with Crippen LogP contribution in [0.15, 0.2) is 18.2 Å². The van der Waals surface area contributed by atoms with E-state index in [1.807, 2.05) is 12.1 Å². The number of hydrogen-bond acceptors (Lipinski definition) is 2. The zero-order valence-corrected chi connectivity index (χ0v) is 13.4. The highest BCUT2D eigenvalue weighted by atomic mass is 35.5. The SMILES string of the molecule is CCNCC1(Cc2cc(Cl)ccc2OC)CCCCC1. The molecule has 1 aromatic carbocycles. The molecule has 0 radical (unpaired) electrons. The van der Waals surface area contributed by atoms with Gasteiger partial charge < -0.3 is 10.1 Å². The molecule has 1 fully saturated rings. The Bertz CT molecular complexity index is 427. The molecule has 112 valence electrons. The van der Waals surface area contributed by atoms with Gasteiger partial charge in [-0.05, 0) is 55.0 Å². The fraction of sp³-hybridized carbons (Fsp3) is 0.647. The fourth-order valence-electron chi connectivity index (χ4n) is 3.40. The zero-order valence-electron chi connectivity index (χ0n) is 12.7. The molecule has 0 atom stereocenters. The van der Waals surface area contributed by atoms with Crippen LogP contribution in [0.2, 0.25) is 5.02 Å². The quantitative estimate of drug-likeness (QED) is 0.837. The first kappa shape index (κ1) is 15.7. The highest BCUT2D eigenvalue weighted by molar-refractivity contribution is 6.30. The minimum absolute atomic E-state index is 0.367. The monoisotopic (exact) mass is 295 g/mol. The Kier molecular flexibility index (Phi) is 5.74. The van der Waals surface area contributed by atoms with Gasteiger partial charge in [-0.15, -0.1) is 0 Å². The standard InChI is InChI=1S/C17H26ClNO/c1-3-19-13-17(9-5-4-6-10-17)12-14-11-15(18)7-8-16(14)20-2/h7-8,11,19H,3-6,9-10,12-13H2,1-2H3. The number of hydrogen-bond donors (Lipinski definition) is 1. The van der Waals surface area contributed by atoms with E-state index < -0.39 is 0 Å². The molecule has 0 spiro atoms. The Morgan fingerprint density at radius 3 is 2.65 bits per heavy atom. The number of benzene rings is 1. The Balaban J connectivity index is 2.20. The molecule has 0 unspecified atom stereocenters. The van der Waals surface area contributed by atoms with Gasteiger partial charge >= 0.3 is 0 Å². The molecule has 1 aromatic rings. The van der Waals surface area contributed by atoms with Gasteiger partial charge in [0.1, 0.15) is 5.75 Å². The van der Waals surface area contributed by atoms with Gasteiger partial charge in [0, 0.05) is 11.6 Å². The Morgan fingerprint density at radius 1 is 1.25 bits per heavy atom. The largest absolute Gasteiger partial charge is 0.496 e. The molecule has 0 aliphatic heterocycles. The molecule has 20 heavy (non-hydrogen) atoms. The second kappa shape index (κ2) is 7.33. The number of nitrogens with one attached hydrogen (secondary N) is 1. The van der Waals surface area contributed by atoms with Gasteiger partial charge in [-0.2, -0.15) is 0 Å². The minimum Gasteiger partial charge on any atom is -0.496 e. The zero-order chi connectivity index (χ0) is 14.4. The van der Waals surface area contributed by atoms with Crippen molar-refractivity contribution in [2.75, 3.05) is 20.2 Å². The van der Waals surface area contributed by atoms with Gasteiger partial charge in [-0.1, -0.05) is 37.8 Å². The van der Waals surface area contributed by atoms with Crippen molar-refractivity contribution in [3.63, 3.8) is 0 Å². The van der Waals surface area contributed by atoms with E-state index in [2.05, 4.69) is 18.3 Å². The normalized spacial score (nSPS) is 17.9. The molecule has 0 bridgehead atoms. The smallest absolute Gasteiger partial charge is 0.122 e. The summed E-state index contributed by atoms with van der Waals surface area (Å²) >= 11 is 6.17. The molecule has 2 nitrogen and oxygen atoms in total. The lowest BCUT2D eigenvalue weighted by atomic mass is 9.70. The van der Waals surface area contributed by atoms with Crippen molar-refractivity contribution in [1.29, 1.82) is 0 Å². The van der Waals surface area contributed by atoms with Gasteiger partial charge in [-0.3, -0.25) is 0 Å². The van der Waals surface area contributed by atoms with Crippen LogP contribution < -0.4 is 10.1 Å². The van der Waals surface area contributed by atoms with Gasteiger partial charge in [-0.25, -0.2) is 0 Å². The third-order valence-electron chi connectivity index (χ3n) is 4.47. The van der Waals surface area contributed by atoms with Crippen molar-refractivity contribution in [2.45, 2.75) is 45.4 Å². The minimum atomic E-state index is 0.367. The highest BCUT2D eigenvalue weighted by Gasteiger charge is 2.32. The number of ether oxygens (including phenoxy) is 1. The first-order valence-corrected chi connectivity index (χ1v) is 8.10. The first-order valence-electron chi connectivity index (χ1n) is 7.72. The summed E-state index contributed by atoms with van der Waals surface area (Å²) in [6.45, 7) is 4.31. The van der Waals surface area contributed by atoms with Gasteiger partial charge in [0.15, 0.2) is 0 Å². The van der Waals surface area contributed by atoms with Crippen molar-refractivity contribution in [2.24, 2.45) is 5.41 Å². The average molecular weight is 296 g/mol. The number of rotatable bonds is 6. The van der Waals surface area contributed by atoms with Crippen LogP contribution in [0, 0.1) is 5.41 Å². The maximum atomic E-state index is 6.17. The molecule has 3 heteroatoms. The molecule has 2 rings (SSSR count). The summed E-state index contributed by atoms with van der Waals surface area (Å²) < 4.78 is 5.51. The molecule has 1 aliphatic rings. The lowest BCUT2D eigenvalue weighted by Gasteiger charge is -2.38. The van der Waals surface area contributed by atoms with Crippen LogP contribution in [0.4, 0.5) is 0 Å². The van der Waals surface area contributed by atoms with Crippen LogP contribution in [-0.2, 0) is 6.42 Å². The van der Waals surface area contributed by atoms with E-state index in [-0.39, 0.29) is 0 Å². The van der Waals surface area contributed by atoms with Crippen LogP contribution in [0.3, 0.4) is 0 Å². The predicted molar refractivity (Wildman–Crippen MR) is 85.8 cm³/mol. The molecule has 0 heterocycles. The van der Waals surface area contributed by atoms with Crippen molar-refractivity contribution in [3.05, 3.63) is 28.8 Å². The summed E-state index contributed by atoms with van der Waals surface area (Å²) in [5.74, 6) is 0.968. The van der Waals surface area contributed by atoms with Crippen LogP contribution in [0.25, 0.3) is 0 Å². The third kappa shape index (κ3) is 3.89. The predicted octanol–water partition coefficient (Wildman–Crippen LogP) is 4.45. The Labute approximate surface area is 127 Å². The van der Waals surface area contributed by atoms with E-state index in [1.165, 1.54) is 37.7 Å². The van der Waals surface area contributed by atoms with E-state index in [4.69, 9.17) is 16.3 Å². The summed E-state index contributed by atoms with van der Waals surface area (Å²) in [5, 5.41) is 4.36. The fourth-order valence-corrected chi connectivity index (χ4v) is 3.59. The summed E-state index contributed by atoms with van der Waals surface area (Å²) in [6.07, 6.45) is 7.72. The van der Waals surface area contributed by atoms with Crippen LogP contribution >= 0.6 is 11.6 Å². The van der Waals surface area contributed by atoms with E-state index >= 15 is 0 Å². The summed E-state index contributed by atoms with van der Waals surface area (Å²) in [4.78, 5) is 0. The maximum absolute atomic E-state index is 6.17. The van der Waals surface area contributed by atoms with Gasteiger partial charge in [0.2, 0.25) is 0 Å². The van der Waals surface area contributed by atoms with Gasteiger partial charge in [0.05, 0.1) is 7.11 Å². The topological polar surface area (TPSA) is 21.3 Å². The van der Waals surface area contributed by atoms with Gasteiger partial charge in [0.25, 0.3) is 0 Å². The summed E-state index contributed by atoms with van der Waals surface area (Å²) in [5.41, 5.74) is 1.62. The molecule has 0 aromatic heterocycles. The average Bonchev–Trinajstić information content (AvgIpc) is 2.46. The van der Waals surface area contributed by atoms with Crippen LogP contribution in [-0.4, -0.2) is 20.2 Å². The van der Waals surface area contributed by atoms with E-state index in [0.717, 1.165) is 30.3 Å². The molecule has 1 aliphatic carbocycles. The molecular formula is C17H26ClNO. The molecular weight excluding hydrogens is 270 g/mol. The first-order chi connectivity index (χ1) is 9.69. The van der Waals surface area contributed by atoms with Crippen molar-refractivity contribution in [1.82, 2.24) is 5.32 Å². The van der Waals surface area contributed by atoms with Crippen molar-refractivity contribution < 1.29 is 4.74 Å². The second-order valence-electron chi connectivity index (χ2n) is 5.97. The van der Waals surface area contributed by atoms with Crippen molar-refractivity contribution >= 4 is 11.6 Å². The lowest BCUT2D eigenvalue weighted by molar-refractivity contribution is 0.180. The summed E-state index contributed by atoms with van der Waals surface area (Å²) in [7, 11) is 1.74. The highest BCUT2D eigenvalue weighted by Crippen LogP contribution is 2.41. The Morgan fingerprint density at radius 2 is 2.00 bits per heavy atom. The molecule has 0 amide bonds. The second-order valence-corrected chi connectivity index (χ2v) is 6.41. The van der Waals surface area contributed by atoms with E-state index in [1.54, 1.807) is 7.11 Å². The van der Waals surface area contributed by atoms with E-state index in [0.29, 0.717) is 5.41 Å².